The summed E-state index contributed by atoms with van der Waals surface area (Å²) in [6.07, 6.45) is 8.23. The number of esters is 1. The molecule has 0 aliphatic carbocycles. The number of unbranched alkanes of at least 4 members (excludes halogenated alkanes) is 6. The van der Waals surface area contributed by atoms with Crippen molar-refractivity contribution in [2.24, 2.45) is 0 Å². The van der Waals surface area contributed by atoms with Gasteiger partial charge in [-0.15, -0.1) is 0 Å². The highest BCUT2D eigenvalue weighted by molar-refractivity contribution is 9.10. The molecule has 29 heavy (non-hydrogen) atoms. The number of halogens is 1. The van der Waals surface area contributed by atoms with E-state index in [-0.39, 0.29) is 5.91 Å². The molecular formula is C24H30BrNO3. The second-order valence-corrected chi connectivity index (χ2v) is 8.05. The molecule has 0 saturated carbocycles. The molecule has 0 fully saturated rings. The van der Waals surface area contributed by atoms with Crippen molar-refractivity contribution >= 4 is 33.5 Å². The Balaban J connectivity index is 2.17. The van der Waals surface area contributed by atoms with Crippen LogP contribution in [0, 0.1) is 0 Å². The summed E-state index contributed by atoms with van der Waals surface area (Å²) in [6, 6.07) is 14.5. The number of carbonyl (C=O) groups excluding carboxylic acids is 2. The van der Waals surface area contributed by atoms with E-state index < -0.39 is 5.97 Å². The molecule has 1 amide bonds. The molecular weight excluding hydrogens is 430 g/mol. The molecule has 2 rings (SSSR count). The maximum Gasteiger partial charge on any atom is 0.337 e. The predicted octanol–water partition coefficient (Wildman–Crippen LogP) is 6.63. The zero-order valence-corrected chi connectivity index (χ0v) is 18.9. The number of carbonyl (C=O) groups is 2. The maximum absolute atomic E-state index is 13.2. The van der Waals surface area contributed by atoms with Crippen LogP contribution in [0.25, 0.3) is 0 Å². The van der Waals surface area contributed by atoms with E-state index >= 15 is 0 Å². The second kappa shape index (κ2) is 12.4. The van der Waals surface area contributed by atoms with Crippen LogP contribution in [0.2, 0.25) is 0 Å². The van der Waals surface area contributed by atoms with E-state index in [1.807, 2.05) is 36.4 Å². The maximum atomic E-state index is 13.2. The molecule has 4 nitrogen and oxygen atoms in total. The van der Waals surface area contributed by atoms with Gasteiger partial charge in [0.15, 0.2) is 0 Å². The molecule has 0 heterocycles. The van der Waals surface area contributed by atoms with Gasteiger partial charge in [0.25, 0.3) is 5.91 Å². The lowest BCUT2D eigenvalue weighted by atomic mass is 10.1. The predicted molar refractivity (Wildman–Crippen MR) is 122 cm³/mol. The van der Waals surface area contributed by atoms with Crippen molar-refractivity contribution in [3.63, 3.8) is 0 Å². The molecule has 0 radical (unpaired) electrons. The smallest absolute Gasteiger partial charge is 0.337 e. The van der Waals surface area contributed by atoms with Gasteiger partial charge in [-0.3, -0.25) is 4.79 Å². The first-order valence-corrected chi connectivity index (χ1v) is 11.1. The third-order valence-corrected chi connectivity index (χ3v) is 5.32. The average Bonchev–Trinajstić information content (AvgIpc) is 2.75. The Hall–Kier alpha value is -2.14. The normalized spacial score (nSPS) is 10.6. The Kier molecular flexibility index (Phi) is 9.92. The van der Waals surface area contributed by atoms with Crippen LogP contribution in [0.3, 0.4) is 0 Å². The van der Waals surface area contributed by atoms with E-state index in [0.29, 0.717) is 23.4 Å². The standard InChI is InChI=1S/C24H30BrNO3/c1-3-4-5-6-7-8-12-15-26(23(27)19-13-10-9-11-14-19)22-17-20(24(28)29-2)16-21(25)18-22/h9-11,13-14,16-18H,3-8,12,15H2,1-2H3. The highest BCUT2D eigenvalue weighted by Crippen LogP contribution is 2.26. The van der Waals surface area contributed by atoms with Crippen LogP contribution in [0.15, 0.2) is 53.0 Å². The number of amides is 1. The van der Waals surface area contributed by atoms with Crippen LogP contribution >= 0.6 is 15.9 Å². The summed E-state index contributed by atoms with van der Waals surface area (Å²) in [5.74, 6) is -0.485. The van der Waals surface area contributed by atoms with Crippen LogP contribution in [0.4, 0.5) is 5.69 Å². The quantitative estimate of drug-likeness (QED) is 0.279. The fourth-order valence-corrected chi connectivity index (χ4v) is 3.76. The van der Waals surface area contributed by atoms with Gasteiger partial charge >= 0.3 is 5.97 Å². The third kappa shape index (κ3) is 7.32. The van der Waals surface area contributed by atoms with Crippen molar-refractivity contribution in [2.75, 3.05) is 18.6 Å². The van der Waals surface area contributed by atoms with Crippen molar-refractivity contribution in [2.45, 2.75) is 51.9 Å². The van der Waals surface area contributed by atoms with Gasteiger partial charge in [0, 0.05) is 22.3 Å². The van der Waals surface area contributed by atoms with Gasteiger partial charge in [-0.2, -0.15) is 0 Å². The second-order valence-electron chi connectivity index (χ2n) is 7.13. The Morgan fingerprint density at radius 3 is 2.21 bits per heavy atom. The van der Waals surface area contributed by atoms with Gasteiger partial charge in [-0.05, 0) is 36.8 Å². The summed E-state index contributed by atoms with van der Waals surface area (Å²) < 4.78 is 5.59. The number of ether oxygens (including phenoxy) is 1. The highest BCUT2D eigenvalue weighted by atomic mass is 79.9. The molecule has 156 valence electrons. The molecule has 0 atom stereocenters. The van der Waals surface area contributed by atoms with Gasteiger partial charge in [0.05, 0.1) is 12.7 Å². The molecule has 0 spiro atoms. The fraction of sp³-hybridized carbons (Fsp3) is 0.417. The Bertz CT molecular complexity index is 792. The zero-order valence-electron chi connectivity index (χ0n) is 17.3. The Morgan fingerprint density at radius 1 is 0.897 bits per heavy atom. The van der Waals surface area contributed by atoms with E-state index in [4.69, 9.17) is 4.74 Å². The average molecular weight is 460 g/mol. The lowest BCUT2D eigenvalue weighted by Crippen LogP contribution is -2.32. The number of rotatable bonds is 11. The summed E-state index contributed by atoms with van der Waals surface area (Å²) in [7, 11) is 1.36. The van der Waals surface area contributed by atoms with Crippen LogP contribution in [0.5, 0.6) is 0 Å². The van der Waals surface area contributed by atoms with Crippen molar-refractivity contribution in [3.8, 4) is 0 Å². The highest BCUT2D eigenvalue weighted by Gasteiger charge is 2.19. The summed E-state index contributed by atoms with van der Waals surface area (Å²) in [4.78, 5) is 27.0. The molecule has 0 aliphatic heterocycles. The zero-order chi connectivity index (χ0) is 21.1. The van der Waals surface area contributed by atoms with E-state index in [0.717, 1.165) is 17.3 Å². The number of methoxy groups -OCH3 is 1. The summed E-state index contributed by atoms with van der Waals surface area (Å²) >= 11 is 3.46. The Labute approximate surface area is 182 Å². The summed E-state index contributed by atoms with van der Waals surface area (Å²) in [5.41, 5.74) is 1.75. The minimum atomic E-state index is -0.421. The van der Waals surface area contributed by atoms with Gasteiger partial charge < -0.3 is 9.64 Å². The molecule has 2 aromatic rings. The molecule has 0 bridgehead atoms. The molecule has 0 aromatic heterocycles. The lowest BCUT2D eigenvalue weighted by Gasteiger charge is -2.24. The molecule has 0 N–H and O–H groups in total. The van der Waals surface area contributed by atoms with Crippen LogP contribution in [0.1, 0.15) is 72.6 Å². The number of hydrogen-bond donors (Lipinski definition) is 0. The monoisotopic (exact) mass is 459 g/mol. The molecule has 2 aromatic carbocycles. The first kappa shape index (κ1) is 23.1. The van der Waals surface area contributed by atoms with E-state index in [1.165, 1.54) is 39.2 Å². The van der Waals surface area contributed by atoms with Crippen LogP contribution < -0.4 is 4.90 Å². The van der Waals surface area contributed by atoms with Crippen molar-refractivity contribution in [1.29, 1.82) is 0 Å². The molecule has 0 aliphatic rings. The van der Waals surface area contributed by atoms with Gasteiger partial charge in [0.1, 0.15) is 0 Å². The van der Waals surface area contributed by atoms with Gasteiger partial charge in [-0.25, -0.2) is 4.79 Å². The molecule has 5 heteroatoms. The lowest BCUT2D eigenvalue weighted by molar-refractivity contribution is 0.0600. The number of hydrogen-bond acceptors (Lipinski definition) is 3. The third-order valence-electron chi connectivity index (χ3n) is 4.87. The van der Waals surface area contributed by atoms with Crippen molar-refractivity contribution in [1.82, 2.24) is 0 Å². The van der Waals surface area contributed by atoms with Gasteiger partial charge in [-0.1, -0.05) is 79.6 Å². The number of benzene rings is 2. The molecule has 0 unspecified atom stereocenters. The number of nitrogens with zero attached hydrogens (tertiary/aromatic N) is 1. The van der Waals surface area contributed by atoms with E-state index in [1.54, 1.807) is 17.0 Å². The largest absolute Gasteiger partial charge is 0.465 e. The summed E-state index contributed by atoms with van der Waals surface area (Å²) in [6.45, 7) is 2.83. The van der Waals surface area contributed by atoms with Crippen molar-refractivity contribution in [3.05, 3.63) is 64.1 Å². The van der Waals surface area contributed by atoms with Crippen molar-refractivity contribution < 1.29 is 14.3 Å². The Morgan fingerprint density at radius 2 is 1.55 bits per heavy atom. The fourth-order valence-electron chi connectivity index (χ4n) is 3.28. The minimum Gasteiger partial charge on any atom is -0.465 e. The molecule has 0 saturated heterocycles. The van der Waals surface area contributed by atoms with Gasteiger partial charge in [0.2, 0.25) is 0 Å². The van der Waals surface area contributed by atoms with E-state index in [9.17, 15) is 9.59 Å². The first-order chi connectivity index (χ1) is 14.1. The number of anilines is 1. The summed E-state index contributed by atoms with van der Waals surface area (Å²) in [5, 5.41) is 0. The minimum absolute atomic E-state index is 0.0644. The van der Waals surface area contributed by atoms with Crippen LogP contribution in [-0.2, 0) is 4.74 Å². The first-order valence-electron chi connectivity index (χ1n) is 10.3. The topological polar surface area (TPSA) is 46.6 Å². The SMILES string of the molecule is CCCCCCCCCN(C(=O)c1ccccc1)c1cc(Br)cc(C(=O)OC)c1. The van der Waals surface area contributed by atoms with E-state index in [2.05, 4.69) is 22.9 Å². The van der Waals surface area contributed by atoms with Crippen LogP contribution in [-0.4, -0.2) is 25.5 Å².